The summed E-state index contributed by atoms with van der Waals surface area (Å²) in [7, 11) is 0. The normalized spacial score (nSPS) is 15.9. The van der Waals surface area contributed by atoms with Crippen LogP contribution >= 0.6 is 11.3 Å². The Bertz CT molecular complexity index is 1340. The third kappa shape index (κ3) is 2.69. The summed E-state index contributed by atoms with van der Waals surface area (Å²) >= 11 is 1.31. The van der Waals surface area contributed by atoms with Gasteiger partial charge >= 0.3 is 0 Å². The van der Waals surface area contributed by atoms with Gasteiger partial charge in [0.2, 0.25) is 10.9 Å². The minimum Gasteiger partial charge on any atom is -0.450 e. The Labute approximate surface area is 170 Å². The molecule has 1 aliphatic rings. The van der Waals surface area contributed by atoms with Gasteiger partial charge < -0.3 is 4.42 Å². The van der Waals surface area contributed by atoms with Gasteiger partial charge in [-0.3, -0.25) is 14.5 Å². The lowest BCUT2D eigenvalue weighted by atomic mass is 9.97. The van der Waals surface area contributed by atoms with Crippen LogP contribution in [0.25, 0.3) is 11.0 Å². The quantitative estimate of drug-likeness (QED) is 0.498. The van der Waals surface area contributed by atoms with Gasteiger partial charge in [0.15, 0.2) is 5.43 Å². The highest BCUT2D eigenvalue weighted by atomic mass is 32.1. The fourth-order valence-electron chi connectivity index (χ4n) is 3.73. The van der Waals surface area contributed by atoms with Crippen molar-refractivity contribution in [2.24, 2.45) is 0 Å². The van der Waals surface area contributed by atoms with Crippen LogP contribution in [0.4, 0.5) is 5.13 Å². The number of fused-ring (bicyclic) bond motifs is 2. The predicted octanol–water partition coefficient (Wildman–Crippen LogP) is 4.32. The molecule has 0 unspecified atom stereocenters. The van der Waals surface area contributed by atoms with Crippen LogP contribution in [0.5, 0.6) is 0 Å². The van der Waals surface area contributed by atoms with Crippen LogP contribution in [0.15, 0.2) is 51.7 Å². The van der Waals surface area contributed by atoms with E-state index in [2.05, 4.69) is 10.2 Å². The molecule has 1 amide bonds. The van der Waals surface area contributed by atoms with E-state index in [1.54, 1.807) is 12.1 Å². The van der Waals surface area contributed by atoms with Gasteiger partial charge in [0.05, 0.1) is 17.0 Å². The molecule has 0 fully saturated rings. The van der Waals surface area contributed by atoms with Crippen molar-refractivity contribution < 1.29 is 9.21 Å². The summed E-state index contributed by atoms with van der Waals surface area (Å²) < 4.78 is 5.95. The summed E-state index contributed by atoms with van der Waals surface area (Å²) in [5.41, 5.74) is 3.45. The zero-order valence-corrected chi connectivity index (χ0v) is 16.9. The summed E-state index contributed by atoms with van der Waals surface area (Å²) in [6.45, 7) is 5.75. The van der Waals surface area contributed by atoms with Crippen molar-refractivity contribution in [1.82, 2.24) is 10.2 Å². The van der Waals surface area contributed by atoms with E-state index in [0.717, 1.165) is 21.7 Å². The van der Waals surface area contributed by atoms with Crippen LogP contribution in [0.1, 0.15) is 43.9 Å². The molecule has 1 aliphatic heterocycles. The number of hydrogen-bond donors (Lipinski definition) is 0. The maximum Gasteiger partial charge on any atom is 0.297 e. The lowest BCUT2D eigenvalue weighted by Gasteiger charge is -2.22. The molecule has 0 saturated heterocycles. The Balaban J connectivity index is 1.83. The average molecular weight is 403 g/mol. The minimum absolute atomic E-state index is 0.0739. The van der Waals surface area contributed by atoms with E-state index in [-0.39, 0.29) is 17.1 Å². The maximum atomic E-state index is 13.5. The van der Waals surface area contributed by atoms with Gasteiger partial charge in [0.1, 0.15) is 10.6 Å². The van der Waals surface area contributed by atoms with Crippen molar-refractivity contribution in [3.63, 3.8) is 0 Å². The first kappa shape index (κ1) is 17.8. The molecule has 0 saturated carbocycles. The Morgan fingerprint density at radius 1 is 0.966 bits per heavy atom. The van der Waals surface area contributed by atoms with Gasteiger partial charge in [-0.2, -0.15) is 0 Å². The third-order valence-electron chi connectivity index (χ3n) is 5.14. The summed E-state index contributed by atoms with van der Waals surface area (Å²) in [6, 6.07) is 12.6. The first-order valence-corrected chi connectivity index (χ1v) is 10.0. The lowest BCUT2D eigenvalue weighted by Crippen LogP contribution is -2.29. The van der Waals surface area contributed by atoms with Crippen molar-refractivity contribution in [3.05, 3.63) is 85.7 Å². The molecule has 0 N–H and O–H groups in total. The molecule has 0 aliphatic carbocycles. The second-order valence-corrected chi connectivity index (χ2v) is 8.43. The number of amides is 1. The summed E-state index contributed by atoms with van der Waals surface area (Å²) in [6.07, 6.45) is 0. The minimum atomic E-state index is -0.605. The van der Waals surface area contributed by atoms with Gasteiger partial charge in [0, 0.05) is 0 Å². The predicted molar refractivity (Wildman–Crippen MR) is 112 cm³/mol. The van der Waals surface area contributed by atoms with Crippen LogP contribution in [-0.4, -0.2) is 16.1 Å². The molecule has 2 aromatic carbocycles. The monoisotopic (exact) mass is 403 g/mol. The zero-order chi connectivity index (χ0) is 20.3. The van der Waals surface area contributed by atoms with Crippen LogP contribution in [-0.2, 0) is 0 Å². The van der Waals surface area contributed by atoms with Gasteiger partial charge in [-0.25, -0.2) is 0 Å². The molecule has 144 valence electrons. The molecule has 3 heterocycles. The standard InChI is InChI=1S/C22H17N3O3S/c1-11-4-7-14(8-5-11)18-17-19(26)15-10-12(2)6-9-16(15)28-20(17)21(27)25(18)22-24-23-13(3)29-22/h4-10,18H,1-3H3/t18-/m1/s1. The molecule has 4 aromatic rings. The van der Waals surface area contributed by atoms with Crippen molar-refractivity contribution in [1.29, 1.82) is 0 Å². The number of benzene rings is 2. The SMILES string of the molecule is Cc1ccc([C@@H]2c3c(oc4ccc(C)cc4c3=O)C(=O)N2c2nnc(C)s2)cc1. The molecule has 6 nitrogen and oxygen atoms in total. The van der Waals surface area contributed by atoms with E-state index in [1.165, 1.54) is 16.2 Å². The summed E-state index contributed by atoms with van der Waals surface area (Å²) in [5, 5.41) is 9.89. The van der Waals surface area contributed by atoms with Gasteiger partial charge in [-0.1, -0.05) is 52.8 Å². The molecule has 29 heavy (non-hydrogen) atoms. The molecular weight excluding hydrogens is 386 g/mol. The van der Waals surface area contributed by atoms with Crippen molar-refractivity contribution in [3.8, 4) is 0 Å². The van der Waals surface area contributed by atoms with E-state index in [0.29, 0.717) is 21.7 Å². The Morgan fingerprint density at radius 3 is 2.38 bits per heavy atom. The molecule has 0 radical (unpaired) electrons. The molecular formula is C22H17N3O3S. The van der Waals surface area contributed by atoms with E-state index < -0.39 is 6.04 Å². The fourth-order valence-corrected chi connectivity index (χ4v) is 4.45. The number of aromatic nitrogens is 2. The number of rotatable bonds is 2. The van der Waals surface area contributed by atoms with Crippen LogP contribution in [0.3, 0.4) is 0 Å². The molecule has 0 spiro atoms. The highest BCUT2D eigenvalue weighted by Gasteiger charge is 2.45. The van der Waals surface area contributed by atoms with E-state index in [9.17, 15) is 9.59 Å². The third-order valence-corrected chi connectivity index (χ3v) is 5.98. The Hall–Kier alpha value is -3.32. The molecule has 0 bridgehead atoms. The van der Waals surface area contributed by atoms with Crippen molar-refractivity contribution in [2.45, 2.75) is 26.8 Å². The molecule has 7 heteroatoms. The van der Waals surface area contributed by atoms with Gasteiger partial charge in [0.25, 0.3) is 5.91 Å². The van der Waals surface area contributed by atoms with Crippen LogP contribution in [0, 0.1) is 20.8 Å². The number of nitrogens with zero attached hydrogens (tertiary/aromatic N) is 3. The smallest absolute Gasteiger partial charge is 0.297 e. The van der Waals surface area contributed by atoms with E-state index in [1.807, 2.05) is 51.1 Å². The lowest BCUT2D eigenvalue weighted by molar-refractivity contribution is 0.0970. The number of carbonyl (C=O) groups excluding carboxylic acids is 1. The second-order valence-electron chi connectivity index (χ2n) is 7.27. The van der Waals surface area contributed by atoms with Gasteiger partial charge in [-0.05, 0) is 38.5 Å². The van der Waals surface area contributed by atoms with Crippen molar-refractivity contribution >= 4 is 33.3 Å². The number of carbonyl (C=O) groups is 1. The molecule has 5 rings (SSSR count). The van der Waals surface area contributed by atoms with Gasteiger partial charge in [-0.15, -0.1) is 10.2 Å². The zero-order valence-electron chi connectivity index (χ0n) is 16.1. The Kier molecular flexibility index (Phi) is 3.89. The molecule has 2 aromatic heterocycles. The van der Waals surface area contributed by atoms with Crippen LogP contribution < -0.4 is 10.3 Å². The van der Waals surface area contributed by atoms with Crippen molar-refractivity contribution in [2.75, 3.05) is 4.90 Å². The Morgan fingerprint density at radius 2 is 1.69 bits per heavy atom. The number of aryl methyl sites for hydroxylation is 3. The highest BCUT2D eigenvalue weighted by molar-refractivity contribution is 7.15. The maximum absolute atomic E-state index is 13.5. The van der Waals surface area contributed by atoms with E-state index >= 15 is 0 Å². The van der Waals surface area contributed by atoms with Crippen LogP contribution in [0.2, 0.25) is 0 Å². The number of hydrogen-bond acceptors (Lipinski definition) is 6. The highest BCUT2D eigenvalue weighted by Crippen LogP contribution is 2.42. The first-order valence-electron chi connectivity index (χ1n) is 9.21. The summed E-state index contributed by atoms with van der Waals surface area (Å²) in [5.74, 6) is -0.300. The fraction of sp³-hybridized carbons (Fsp3) is 0.182. The second kappa shape index (κ2) is 6.35. The molecule has 1 atom stereocenters. The van der Waals surface area contributed by atoms with E-state index in [4.69, 9.17) is 4.42 Å². The number of anilines is 1. The first-order chi connectivity index (χ1) is 13.9. The topological polar surface area (TPSA) is 76.3 Å². The summed E-state index contributed by atoms with van der Waals surface area (Å²) in [4.78, 5) is 28.4. The largest absolute Gasteiger partial charge is 0.450 e. The average Bonchev–Trinajstić information content (AvgIpc) is 3.25.